The number of alkyl halides is 3. The molecular formula is C15H15F3N2OS. The van der Waals surface area contributed by atoms with Crippen molar-refractivity contribution in [3.05, 3.63) is 51.5 Å². The second kappa shape index (κ2) is 6.91. The van der Waals surface area contributed by atoms with E-state index in [-0.39, 0.29) is 9.88 Å². The molecule has 1 amide bonds. The van der Waals surface area contributed by atoms with Crippen molar-refractivity contribution in [2.75, 3.05) is 6.54 Å². The largest absolute Gasteiger partial charge is 0.435 e. The van der Waals surface area contributed by atoms with Gasteiger partial charge in [0.25, 0.3) is 5.91 Å². The Bertz CT molecular complexity index is 638. The number of hydrogen-bond acceptors (Lipinski definition) is 3. The first-order valence-corrected chi connectivity index (χ1v) is 7.56. The van der Waals surface area contributed by atoms with Crippen molar-refractivity contribution in [2.24, 2.45) is 0 Å². The van der Waals surface area contributed by atoms with Crippen molar-refractivity contribution in [1.29, 1.82) is 0 Å². The summed E-state index contributed by atoms with van der Waals surface area (Å²) in [4.78, 5) is 14.9. The maximum Gasteiger partial charge on any atom is 0.435 e. The number of nitrogens with one attached hydrogen (secondary N) is 1. The van der Waals surface area contributed by atoms with Crippen molar-refractivity contribution >= 4 is 17.2 Å². The molecule has 0 bridgehead atoms. The summed E-state index contributed by atoms with van der Waals surface area (Å²) in [6.07, 6.45) is -3.19. The van der Waals surface area contributed by atoms with Crippen LogP contribution in [0.3, 0.4) is 0 Å². The molecule has 2 rings (SSSR count). The van der Waals surface area contributed by atoms with Gasteiger partial charge in [-0.25, -0.2) is 4.98 Å². The van der Waals surface area contributed by atoms with E-state index in [1.54, 1.807) is 0 Å². The van der Waals surface area contributed by atoms with Crippen LogP contribution in [-0.4, -0.2) is 17.4 Å². The molecule has 0 atom stereocenters. The first-order valence-electron chi connectivity index (χ1n) is 6.74. The minimum atomic E-state index is -4.61. The van der Waals surface area contributed by atoms with Gasteiger partial charge >= 0.3 is 6.18 Å². The van der Waals surface area contributed by atoms with E-state index in [9.17, 15) is 18.0 Å². The highest BCUT2D eigenvalue weighted by atomic mass is 32.1. The highest BCUT2D eigenvalue weighted by Crippen LogP contribution is 2.34. The van der Waals surface area contributed by atoms with Crippen LogP contribution in [0.15, 0.2) is 30.3 Å². The lowest BCUT2D eigenvalue weighted by atomic mass is 10.1. The molecule has 0 aliphatic carbocycles. The zero-order valence-electron chi connectivity index (χ0n) is 11.9. The second-order valence-electron chi connectivity index (χ2n) is 4.75. The van der Waals surface area contributed by atoms with Crippen LogP contribution < -0.4 is 5.32 Å². The molecule has 118 valence electrons. The van der Waals surface area contributed by atoms with Gasteiger partial charge in [-0.15, -0.1) is 11.3 Å². The van der Waals surface area contributed by atoms with E-state index in [4.69, 9.17) is 0 Å². The van der Waals surface area contributed by atoms with E-state index in [2.05, 4.69) is 10.3 Å². The molecule has 0 radical (unpaired) electrons. The Morgan fingerprint density at radius 1 is 1.27 bits per heavy atom. The smallest absolute Gasteiger partial charge is 0.351 e. The minimum Gasteiger partial charge on any atom is -0.351 e. The number of aryl methyl sites for hydroxylation is 2. The fraction of sp³-hybridized carbons (Fsp3) is 0.333. The minimum absolute atomic E-state index is 0.224. The molecule has 2 aromatic rings. The van der Waals surface area contributed by atoms with E-state index < -0.39 is 17.8 Å². The number of aromatic nitrogens is 1. The molecule has 7 heteroatoms. The molecule has 22 heavy (non-hydrogen) atoms. The number of rotatable bonds is 5. The zero-order chi connectivity index (χ0) is 16.2. The van der Waals surface area contributed by atoms with Crippen LogP contribution in [0.1, 0.15) is 32.4 Å². The van der Waals surface area contributed by atoms with Gasteiger partial charge < -0.3 is 5.32 Å². The Kier molecular flexibility index (Phi) is 5.18. The fourth-order valence-electron chi connectivity index (χ4n) is 1.99. The molecule has 1 N–H and O–H groups in total. The number of benzene rings is 1. The molecule has 1 heterocycles. The maximum atomic E-state index is 12.8. The van der Waals surface area contributed by atoms with Gasteiger partial charge in [0.05, 0.1) is 5.01 Å². The van der Waals surface area contributed by atoms with Gasteiger partial charge in [-0.05, 0) is 25.3 Å². The van der Waals surface area contributed by atoms with Gasteiger partial charge in [-0.1, -0.05) is 30.3 Å². The predicted molar refractivity (Wildman–Crippen MR) is 78.9 cm³/mol. The van der Waals surface area contributed by atoms with Crippen LogP contribution in [0.5, 0.6) is 0 Å². The van der Waals surface area contributed by atoms with Crippen LogP contribution >= 0.6 is 11.3 Å². The zero-order valence-corrected chi connectivity index (χ0v) is 12.7. The van der Waals surface area contributed by atoms with E-state index in [1.807, 2.05) is 30.3 Å². The van der Waals surface area contributed by atoms with Crippen molar-refractivity contribution in [3.8, 4) is 0 Å². The van der Waals surface area contributed by atoms with Gasteiger partial charge in [0, 0.05) is 6.54 Å². The summed E-state index contributed by atoms with van der Waals surface area (Å²) in [6.45, 7) is 1.77. The number of carbonyl (C=O) groups is 1. The van der Waals surface area contributed by atoms with E-state index in [0.29, 0.717) is 13.0 Å². The Balaban J connectivity index is 1.90. The van der Waals surface area contributed by atoms with Crippen molar-refractivity contribution in [1.82, 2.24) is 10.3 Å². The lowest BCUT2D eigenvalue weighted by molar-refractivity contribution is -0.141. The maximum absolute atomic E-state index is 12.8. The number of halogens is 3. The van der Waals surface area contributed by atoms with Gasteiger partial charge in [-0.2, -0.15) is 13.2 Å². The van der Waals surface area contributed by atoms with Crippen molar-refractivity contribution < 1.29 is 18.0 Å². The number of nitrogens with zero attached hydrogens (tertiary/aromatic N) is 1. The third-order valence-corrected chi connectivity index (χ3v) is 3.95. The van der Waals surface area contributed by atoms with Gasteiger partial charge in [0.1, 0.15) is 4.88 Å². The molecule has 0 unspecified atom stereocenters. The number of carbonyl (C=O) groups excluding carboxylic acids is 1. The van der Waals surface area contributed by atoms with Gasteiger partial charge in [-0.3, -0.25) is 4.79 Å². The normalized spacial score (nSPS) is 11.5. The summed E-state index contributed by atoms with van der Waals surface area (Å²) in [5.41, 5.74) is 0.0249. The fourth-order valence-corrected chi connectivity index (χ4v) is 2.85. The highest BCUT2D eigenvalue weighted by molar-refractivity contribution is 7.13. The molecule has 0 aliphatic rings. The SMILES string of the molecule is Cc1nc(C(F)(F)F)c(C(=O)NCCCc2ccccc2)s1. The molecule has 0 aliphatic heterocycles. The molecular weight excluding hydrogens is 313 g/mol. The summed E-state index contributed by atoms with van der Waals surface area (Å²) in [5.74, 6) is -0.717. The molecule has 1 aromatic carbocycles. The van der Waals surface area contributed by atoms with Crippen LogP contribution in [0, 0.1) is 6.92 Å². The summed E-state index contributed by atoms with van der Waals surface area (Å²) >= 11 is 0.761. The molecule has 0 fully saturated rings. The standard InChI is InChI=1S/C15H15F3N2OS/c1-10-20-13(15(16,17)18)12(22-10)14(21)19-9-5-8-11-6-3-2-4-7-11/h2-4,6-7H,5,8-9H2,1H3,(H,19,21). The second-order valence-corrected chi connectivity index (χ2v) is 5.96. The first-order chi connectivity index (χ1) is 10.4. The molecule has 3 nitrogen and oxygen atoms in total. The predicted octanol–water partition coefficient (Wildman–Crippen LogP) is 3.83. The lowest BCUT2D eigenvalue weighted by Gasteiger charge is -2.07. The summed E-state index contributed by atoms with van der Waals surface area (Å²) in [6, 6.07) is 9.69. The molecule has 0 saturated carbocycles. The average Bonchev–Trinajstić information content (AvgIpc) is 2.87. The lowest BCUT2D eigenvalue weighted by Crippen LogP contribution is -2.26. The quantitative estimate of drug-likeness (QED) is 0.848. The van der Waals surface area contributed by atoms with E-state index in [0.717, 1.165) is 23.3 Å². The van der Waals surface area contributed by atoms with E-state index >= 15 is 0 Å². The number of thiazole rings is 1. The Labute approximate surface area is 130 Å². The summed E-state index contributed by atoms with van der Waals surface area (Å²) in [7, 11) is 0. The summed E-state index contributed by atoms with van der Waals surface area (Å²) < 4.78 is 38.4. The van der Waals surface area contributed by atoms with Crippen LogP contribution in [-0.2, 0) is 12.6 Å². The van der Waals surface area contributed by atoms with Crippen molar-refractivity contribution in [2.45, 2.75) is 25.9 Å². The molecule has 0 spiro atoms. The average molecular weight is 328 g/mol. The highest BCUT2D eigenvalue weighted by Gasteiger charge is 2.39. The Hall–Kier alpha value is -1.89. The first kappa shape index (κ1) is 16.5. The third kappa shape index (κ3) is 4.30. The Morgan fingerprint density at radius 3 is 2.59 bits per heavy atom. The van der Waals surface area contributed by atoms with Crippen LogP contribution in [0.4, 0.5) is 13.2 Å². The summed E-state index contributed by atoms with van der Waals surface area (Å²) in [5, 5.41) is 2.75. The Morgan fingerprint density at radius 2 is 1.95 bits per heavy atom. The number of amides is 1. The van der Waals surface area contributed by atoms with E-state index in [1.165, 1.54) is 6.92 Å². The monoisotopic (exact) mass is 328 g/mol. The van der Waals surface area contributed by atoms with Gasteiger partial charge in [0.2, 0.25) is 0 Å². The topological polar surface area (TPSA) is 42.0 Å². The van der Waals surface area contributed by atoms with Gasteiger partial charge in [0.15, 0.2) is 5.69 Å². The van der Waals surface area contributed by atoms with Crippen molar-refractivity contribution in [3.63, 3.8) is 0 Å². The van der Waals surface area contributed by atoms with Crippen LogP contribution in [0.2, 0.25) is 0 Å². The number of hydrogen-bond donors (Lipinski definition) is 1. The molecule has 1 aromatic heterocycles. The third-order valence-electron chi connectivity index (χ3n) is 2.98. The molecule has 0 saturated heterocycles. The van der Waals surface area contributed by atoms with Crippen LogP contribution in [0.25, 0.3) is 0 Å².